The number of hydrogen-bond donors (Lipinski definition) is 1. The largest absolute Gasteiger partial charge is 0.485 e. The summed E-state index contributed by atoms with van der Waals surface area (Å²) in [7, 11) is 4.97. The lowest BCUT2D eigenvalue weighted by molar-refractivity contribution is -0.371. The van der Waals surface area contributed by atoms with Gasteiger partial charge in [0.15, 0.2) is 0 Å². The van der Waals surface area contributed by atoms with Crippen molar-refractivity contribution in [2.24, 2.45) is 0 Å². The van der Waals surface area contributed by atoms with Gasteiger partial charge in [-0.2, -0.15) is 4.58 Å². The molecule has 2 rings (SSSR count). The van der Waals surface area contributed by atoms with Crippen LogP contribution in [0.15, 0.2) is 45.9 Å². The monoisotopic (exact) mass is 988 g/mol. The number of carbonyl (C=O) groups is 2. The summed E-state index contributed by atoms with van der Waals surface area (Å²) in [4.78, 5) is 30.4. The van der Waals surface area contributed by atoms with E-state index in [4.69, 9.17) is 17.3 Å². The van der Waals surface area contributed by atoms with Crippen LogP contribution in [0, 0.1) is 0 Å². The summed E-state index contributed by atoms with van der Waals surface area (Å²) in [5, 5.41) is -0.546. The van der Waals surface area contributed by atoms with E-state index in [1.54, 1.807) is 49.8 Å². The number of hydrogen-bond acceptors (Lipinski definition) is 5. The van der Waals surface area contributed by atoms with Crippen LogP contribution in [0.1, 0.15) is 33.3 Å². The Bertz CT molecular complexity index is 832. The third-order valence-electron chi connectivity index (χ3n) is 2.64. The average molecular weight is 991 g/mol. The normalized spacial score (nSPS) is 8.50. The zero-order chi connectivity index (χ0) is 29.3. The van der Waals surface area contributed by atoms with E-state index < -0.39 is 5.37 Å². The second-order valence-corrected chi connectivity index (χ2v) is 16.0. The highest BCUT2D eigenvalue weighted by Gasteiger charge is 2.05. The molecule has 0 aliphatic carbocycles. The molecule has 0 radical (unpaired) electrons. The van der Waals surface area contributed by atoms with Crippen molar-refractivity contribution < 1.29 is 14.2 Å². The van der Waals surface area contributed by atoms with Crippen LogP contribution in [-0.4, -0.2) is 64.9 Å². The maximum atomic E-state index is 11.3. The number of rotatable bonds is 2. The summed E-state index contributed by atoms with van der Waals surface area (Å²) in [6.07, 6.45) is 7.09. The minimum atomic E-state index is -0.546. The predicted octanol–water partition coefficient (Wildman–Crippen LogP) is 8.26. The lowest BCUT2D eigenvalue weighted by Crippen LogP contribution is -2.23. The van der Waals surface area contributed by atoms with Gasteiger partial charge >= 0.3 is 5.37 Å². The topological polar surface area (TPSA) is 92.2 Å². The van der Waals surface area contributed by atoms with Crippen molar-refractivity contribution >= 4 is 135 Å². The van der Waals surface area contributed by atoms with Crippen LogP contribution in [0.4, 0.5) is 10.5 Å². The van der Waals surface area contributed by atoms with Crippen molar-refractivity contribution in [3.63, 3.8) is 0 Å². The molecular weight excluding hydrogens is 954 g/mol. The number of nitrogens with zero attached hydrogens (tertiary/aromatic N) is 4. The summed E-state index contributed by atoms with van der Waals surface area (Å²) in [6.45, 7) is 11.4. The van der Waals surface area contributed by atoms with Gasteiger partial charge < -0.3 is 10.6 Å². The van der Waals surface area contributed by atoms with E-state index in [2.05, 4.69) is 130 Å². The first-order valence-corrected chi connectivity index (χ1v) is 16.4. The number of nitrogens with two attached hydrogens (primary N) is 1. The quantitative estimate of drug-likeness (QED) is 0.0818. The van der Waals surface area contributed by atoms with Gasteiger partial charge in [-0.3, -0.25) is 14.8 Å². The number of anilines is 1. The molecular formula is C23H36Br2ClI3N5O2+. The summed E-state index contributed by atoms with van der Waals surface area (Å²) in [5.41, 5.74) is 6.97. The molecule has 0 aromatic carbocycles. The molecule has 0 spiro atoms. The van der Waals surface area contributed by atoms with Crippen LogP contribution < -0.4 is 5.73 Å². The highest BCUT2D eigenvalue weighted by atomic mass is 127. The molecule has 206 valence electrons. The van der Waals surface area contributed by atoms with E-state index in [-0.39, 0.29) is 5.91 Å². The smallest absolute Gasteiger partial charge is 0.397 e. The minimum Gasteiger partial charge on any atom is -0.397 e. The van der Waals surface area contributed by atoms with Gasteiger partial charge in [0.25, 0.3) is 0 Å². The van der Waals surface area contributed by atoms with Gasteiger partial charge in [0.1, 0.15) is 13.8 Å². The predicted molar refractivity (Wildman–Crippen MR) is 189 cm³/mol. The minimum absolute atomic E-state index is 0.0832. The molecule has 13 heteroatoms. The fraction of sp³-hybridized carbons (Fsp3) is 0.435. The number of aromatic nitrogens is 2. The summed E-state index contributed by atoms with van der Waals surface area (Å²) in [5.74, 6) is 0.0832. The van der Waals surface area contributed by atoms with E-state index in [0.29, 0.717) is 12.1 Å². The molecule has 0 atom stereocenters. The molecule has 36 heavy (non-hydrogen) atoms. The Kier molecular flexibility index (Phi) is 36.0. The van der Waals surface area contributed by atoms with Gasteiger partial charge in [0, 0.05) is 59.4 Å². The number of amides is 2. The first-order valence-electron chi connectivity index (χ1n) is 10.4. The molecule has 2 heterocycles. The molecule has 0 unspecified atom stereocenters. The van der Waals surface area contributed by atoms with Gasteiger partial charge in [-0.15, -0.1) is 0 Å². The van der Waals surface area contributed by atoms with Crippen molar-refractivity contribution in [2.45, 2.75) is 36.0 Å². The standard InChI is InChI=1S/C9H11BrN2O.C5H5BrN2.C3H5ClNO.C2H4I2.C2H5I.C2H6/c1-12(2)9(13)4-7-3-8(10)6-11-5-7;6-4-1-5(7)3-8-2-4;1-5(2)3(4)6;1-2(3)4;1-2-3;1-2/h3,5-6H,4H2,1-2H3;1-3H,7H2;1H2,2H3;2H,1H3;2H2,1H3;1-2H3/q;;+1;;;. The molecule has 0 aliphatic rings. The van der Waals surface area contributed by atoms with Gasteiger partial charge in [-0.1, -0.05) is 88.5 Å². The van der Waals surface area contributed by atoms with E-state index in [9.17, 15) is 9.59 Å². The Balaban J connectivity index is -0.000000192. The third kappa shape index (κ3) is 36.5. The summed E-state index contributed by atoms with van der Waals surface area (Å²) >= 11 is 18.3. The lowest BCUT2D eigenvalue weighted by Gasteiger charge is -2.09. The molecule has 0 fully saturated rings. The van der Waals surface area contributed by atoms with Gasteiger partial charge in [-0.05, 0) is 60.9 Å². The number of carbonyl (C=O) groups excluding carboxylic acids is 2. The van der Waals surface area contributed by atoms with Crippen LogP contribution in [0.3, 0.4) is 0 Å². The molecule has 7 nitrogen and oxygen atoms in total. The molecule has 2 aromatic heterocycles. The maximum absolute atomic E-state index is 11.3. The van der Waals surface area contributed by atoms with E-state index >= 15 is 0 Å². The van der Waals surface area contributed by atoms with Crippen LogP contribution in [0.25, 0.3) is 0 Å². The van der Waals surface area contributed by atoms with Crippen molar-refractivity contribution in [3.05, 3.63) is 51.4 Å². The van der Waals surface area contributed by atoms with Crippen molar-refractivity contribution in [3.8, 4) is 0 Å². The van der Waals surface area contributed by atoms with Crippen molar-refractivity contribution in [2.75, 3.05) is 31.3 Å². The van der Waals surface area contributed by atoms with Gasteiger partial charge in [0.2, 0.25) is 5.91 Å². The van der Waals surface area contributed by atoms with Crippen LogP contribution in [0.5, 0.6) is 0 Å². The molecule has 0 aliphatic heterocycles. The molecule has 2 amide bonds. The SMILES string of the molecule is C=[N+](C)C(=O)Cl.CC.CC(I)I.CCI.CN(C)C(=O)Cc1cncc(Br)c1.Nc1cncc(Br)c1. The molecule has 0 saturated carbocycles. The Morgan fingerprint density at radius 2 is 1.47 bits per heavy atom. The first-order chi connectivity index (χ1) is 16.7. The Morgan fingerprint density at radius 1 is 1.11 bits per heavy atom. The Morgan fingerprint density at radius 3 is 1.72 bits per heavy atom. The number of nitrogen functional groups attached to an aromatic ring is 1. The Labute approximate surface area is 279 Å². The van der Waals surface area contributed by atoms with E-state index in [1.165, 1.54) is 11.5 Å². The zero-order valence-electron chi connectivity index (χ0n) is 21.6. The number of likely N-dealkylation sites (N-methyl/N-ethyl adjacent to an activating group) is 1. The van der Waals surface area contributed by atoms with Gasteiger partial charge in [0.05, 0.1) is 14.0 Å². The zero-order valence-corrected chi connectivity index (χ0v) is 32.0. The van der Waals surface area contributed by atoms with Crippen LogP contribution in [-0.2, 0) is 11.2 Å². The number of alkyl halides is 3. The van der Waals surface area contributed by atoms with Crippen LogP contribution >= 0.6 is 111 Å². The van der Waals surface area contributed by atoms with Crippen molar-refractivity contribution in [1.29, 1.82) is 0 Å². The number of halogens is 6. The fourth-order valence-corrected chi connectivity index (χ4v) is 2.11. The summed E-state index contributed by atoms with van der Waals surface area (Å²) < 4.78 is 4.85. The second kappa shape index (κ2) is 29.9. The first kappa shape index (κ1) is 43.4. The second-order valence-electron chi connectivity index (χ2n) is 6.15. The number of pyridine rings is 2. The lowest BCUT2D eigenvalue weighted by atomic mass is 10.2. The van der Waals surface area contributed by atoms with E-state index in [1.807, 2.05) is 19.9 Å². The third-order valence-corrected chi connectivity index (χ3v) is 3.80. The summed E-state index contributed by atoms with van der Waals surface area (Å²) in [6, 6.07) is 3.70. The maximum Gasteiger partial charge on any atom is 0.485 e. The average Bonchev–Trinajstić information content (AvgIpc) is 2.76. The van der Waals surface area contributed by atoms with Gasteiger partial charge in [-0.25, -0.2) is 4.79 Å². The Hall–Kier alpha value is 0.350. The molecule has 0 saturated heterocycles. The fourth-order valence-electron chi connectivity index (χ4n) is 1.31. The molecule has 2 N–H and O–H groups in total. The highest BCUT2D eigenvalue weighted by Crippen LogP contribution is 2.10. The van der Waals surface area contributed by atoms with E-state index in [0.717, 1.165) is 21.0 Å². The molecule has 0 bridgehead atoms. The van der Waals surface area contributed by atoms with Crippen LogP contribution in [0.2, 0.25) is 0 Å². The molecule has 2 aromatic rings. The van der Waals surface area contributed by atoms with Crippen molar-refractivity contribution in [1.82, 2.24) is 14.9 Å². The highest BCUT2D eigenvalue weighted by molar-refractivity contribution is 14.2.